The van der Waals surface area contributed by atoms with Gasteiger partial charge >= 0.3 is 0 Å². The van der Waals surface area contributed by atoms with Crippen molar-refractivity contribution in [2.24, 2.45) is 11.8 Å². The molecule has 0 spiro atoms. The number of nitrogens with zero attached hydrogens (tertiary/aromatic N) is 1. The fourth-order valence-electron chi connectivity index (χ4n) is 4.11. The van der Waals surface area contributed by atoms with E-state index in [0.29, 0.717) is 37.8 Å². The van der Waals surface area contributed by atoms with Crippen LogP contribution in [0.5, 0.6) is 5.75 Å². The van der Waals surface area contributed by atoms with Crippen molar-refractivity contribution in [3.8, 4) is 5.75 Å². The van der Waals surface area contributed by atoms with Crippen molar-refractivity contribution < 1.29 is 14.3 Å². The second kappa shape index (κ2) is 10.7. The molecule has 2 aliphatic heterocycles. The fraction of sp³-hybridized carbons (Fsp3) is 0.619. The summed E-state index contributed by atoms with van der Waals surface area (Å²) in [6.07, 6.45) is 3.45. The zero-order valence-electron chi connectivity index (χ0n) is 16.8. The molecular weight excluding hydrogens is 378 g/mol. The summed E-state index contributed by atoms with van der Waals surface area (Å²) < 4.78 is 5.16. The third-order valence-electron chi connectivity index (χ3n) is 5.86. The molecule has 2 fully saturated rings. The Morgan fingerprint density at radius 2 is 1.93 bits per heavy atom. The van der Waals surface area contributed by atoms with Crippen molar-refractivity contribution >= 4 is 24.2 Å². The first kappa shape index (κ1) is 22.5. The van der Waals surface area contributed by atoms with E-state index in [4.69, 9.17) is 4.74 Å². The van der Waals surface area contributed by atoms with Crippen LogP contribution < -0.4 is 15.4 Å². The van der Waals surface area contributed by atoms with Crippen LogP contribution >= 0.6 is 12.4 Å². The zero-order valence-corrected chi connectivity index (χ0v) is 17.6. The largest absolute Gasteiger partial charge is 0.497 e. The first-order valence-corrected chi connectivity index (χ1v) is 9.98. The number of rotatable bonds is 7. The van der Waals surface area contributed by atoms with Gasteiger partial charge in [0.15, 0.2) is 0 Å². The smallest absolute Gasteiger partial charge is 0.245 e. The van der Waals surface area contributed by atoms with Crippen LogP contribution in [-0.2, 0) is 16.1 Å². The van der Waals surface area contributed by atoms with Gasteiger partial charge in [-0.05, 0) is 61.9 Å². The maximum atomic E-state index is 12.6. The van der Waals surface area contributed by atoms with E-state index in [2.05, 4.69) is 17.6 Å². The molecule has 0 bridgehead atoms. The topological polar surface area (TPSA) is 70.7 Å². The van der Waals surface area contributed by atoms with Gasteiger partial charge in [-0.3, -0.25) is 9.59 Å². The Hall–Kier alpha value is -1.79. The average Bonchev–Trinajstić information content (AvgIpc) is 3.02. The van der Waals surface area contributed by atoms with Crippen LogP contribution in [0.3, 0.4) is 0 Å². The summed E-state index contributed by atoms with van der Waals surface area (Å²) in [6.45, 7) is 5.48. The summed E-state index contributed by atoms with van der Waals surface area (Å²) in [5.41, 5.74) is 1.07. The van der Waals surface area contributed by atoms with E-state index in [1.165, 1.54) is 0 Å². The predicted octanol–water partition coefficient (Wildman–Crippen LogP) is 2.36. The lowest BCUT2D eigenvalue weighted by atomic mass is 9.84. The fourth-order valence-corrected chi connectivity index (χ4v) is 4.11. The molecule has 6 nitrogen and oxygen atoms in total. The SMILES string of the molecule is COc1ccc(CN2CCC(NC(=O)CC(C)C3CCNCC3)C2=O)cc1.Cl. The molecule has 0 aliphatic carbocycles. The van der Waals surface area contributed by atoms with Gasteiger partial charge < -0.3 is 20.3 Å². The number of hydrogen-bond donors (Lipinski definition) is 2. The monoisotopic (exact) mass is 409 g/mol. The summed E-state index contributed by atoms with van der Waals surface area (Å²) in [4.78, 5) is 26.9. The van der Waals surface area contributed by atoms with Crippen LogP contribution in [0.4, 0.5) is 0 Å². The minimum absolute atomic E-state index is 0. The standard InChI is InChI=1S/C21H31N3O3.ClH/c1-15(17-7-10-22-11-8-17)13-20(25)23-19-9-12-24(21(19)26)14-16-3-5-18(27-2)6-4-16;/h3-6,15,17,19,22H,7-14H2,1-2H3,(H,23,25);1H. The van der Waals surface area contributed by atoms with Crippen LogP contribution in [0.2, 0.25) is 0 Å². The average molecular weight is 410 g/mol. The normalized spacial score (nSPS) is 21.1. The first-order chi connectivity index (χ1) is 13.1. The summed E-state index contributed by atoms with van der Waals surface area (Å²) >= 11 is 0. The molecule has 1 aromatic rings. The Morgan fingerprint density at radius 1 is 1.25 bits per heavy atom. The minimum Gasteiger partial charge on any atom is -0.497 e. The molecule has 2 aliphatic rings. The molecular formula is C21H32ClN3O3. The van der Waals surface area contributed by atoms with Crippen molar-refractivity contribution in [3.05, 3.63) is 29.8 Å². The maximum absolute atomic E-state index is 12.6. The van der Waals surface area contributed by atoms with Gasteiger partial charge in [0.2, 0.25) is 11.8 Å². The van der Waals surface area contributed by atoms with E-state index in [1.54, 1.807) is 7.11 Å². The summed E-state index contributed by atoms with van der Waals surface area (Å²) in [7, 11) is 1.64. The van der Waals surface area contributed by atoms with Crippen LogP contribution in [0, 0.1) is 11.8 Å². The highest BCUT2D eigenvalue weighted by Gasteiger charge is 2.33. The van der Waals surface area contributed by atoms with E-state index < -0.39 is 0 Å². The lowest BCUT2D eigenvalue weighted by Crippen LogP contribution is -2.42. The number of methoxy groups -OCH3 is 1. The van der Waals surface area contributed by atoms with E-state index in [1.807, 2.05) is 29.2 Å². The first-order valence-electron chi connectivity index (χ1n) is 9.98. The van der Waals surface area contributed by atoms with Crippen molar-refractivity contribution in [2.45, 2.75) is 45.2 Å². The Labute approximate surface area is 173 Å². The molecule has 2 amide bonds. The van der Waals surface area contributed by atoms with Gasteiger partial charge in [-0.1, -0.05) is 19.1 Å². The molecule has 28 heavy (non-hydrogen) atoms. The number of hydrogen-bond acceptors (Lipinski definition) is 4. The van der Waals surface area contributed by atoms with Crippen LogP contribution in [-0.4, -0.2) is 49.5 Å². The number of halogens is 1. The molecule has 2 atom stereocenters. The third kappa shape index (κ3) is 5.85. The zero-order chi connectivity index (χ0) is 19.2. The van der Waals surface area contributed by atoms with Gasteiger partial charge in [-0.15, -0.1) is 12.4 Å². The molecule has 3 rings (SSSR count). The molecule has 156 valence electrons. The summed E-state index contributed by atoms with van der Waals surface area (Å²) in [5, 5.41) is 6.33. The van der Waals surface area contributed by atoms with Gasteiger partial charge in [-0.2, -0.15) is 0 Å². The van der Waals surface area contributed by atoms with Gasteiger partial charge in [0.1, 0.15) is 11.8 Å². The van der Waals surface area contributed by atoms with Crippen molar-refractivity contribution in [2.75, 3.05) is 26.7 Å². The van der Waals surface area contributed by atoms with Gasteiger partial charge in [-0.25, -0.2) is 0 Å². The molecule has 7 heteroatoms. The molecule has 0 saturated carbocycles. The van der Waals surface area contributed by atoms with Gasteiger partial charge in [0.05, 0.1) is 7.11 Å². The van der Waals surface area contributed by atoms with Crippen molar-refractivity contribution in [1.82, 2.24) is 15.5 Å². The third-order valence-corrected chi connectivity index (χ3v) is 5.86. The van der Waals surface area contributed by atoms with Crippen molar-refractivity contribution in [3.63, 3.8) is 0 Å². The van der Waals surface area contributed by atoms with E-state index in [9.17, 15) is 9.59 Å². The molecule has 0 aromatic heterocycles. The van der Waals surface area contributed by atoms with Crippen LogP contribution in [0.1, 0.15) is 38.2 Å². The molecule has 2 unspecified atom stereocenters. The number of ether oxygens (including phenoxy) is 1. The minimum atomic E-state index is -0.379. The van der Waals surface area contributed by atoms with Crippen LogP contribution in [0.25, 0.3) is 0 Å². The maximum Gasteiger partial charge on any atom is 0.245 e. The summed E-state index contributed by atoms with van der Waals surface area (Å²) in [5.74, 6) is 1.79. The highest BCUT2D eigenvalue weighted by Crippen LogP contribution is 2.24. The number of benzene rings is 1. The van der Waals surface area contributed by atoms with Crippen molar-refractivity contribution in [1.29, 1.82) is 0 Å². The summed E-state index contributed by atoms with van der Waals surface area (Å²) in [6, 6.07) is 7.36. The Kier molecular flexibility index (Phi) is 8.58. The number of likely N-dealkylation sites (tertiary alicyclic amines) is 1. The Morgan fingerprint density at radius 3 is 2.57 bits per heavy atom. The molecule has 2 saturated heterocycles. The highest BCUT2D eigenvalue weighted by molar-refractivity contribution is 5.89. The molecule has 2 N–H and O–H groups in total. The quantitative estimate of drug-likeness (QED) is 0.725. The van der Waals surface area contributed by atoms with E-state index in [0.717, 1.165) is 37.2 Å². The second-order valence-corrected chi connectivity index (χ2v) is 7.79. The van der Waals surface area contributed by atoms with E-state index in [-0.39, 0.29) is 30.3 Å². The number of nitrogens with one attached hydrogen (secondary N) is 2. The number of carbonyl (C=O) groups excluding carboxylic acids is 2. The number of piperidine rings is 1. The Balaban J connectivity index is 0.00000280. The highest BCUT2D eigenvalue weighted by atomic mass is 35.5. The molecule has 1 aromatic carbocycles. The number of carbonyl (C=O) groups is 2. The van der Waals surface area contributed by atoms with E-state index >= 15 is 0 Å². The molecule has 2 heterocycles. The molecule has 0 radical (unpaired) electrons. The lowest BCUT2D eigenvalue weighted by Gasteiger charge is -2.28. The van der Waals surface area contributed by atoms with Gasteiger partial charge in [0, 0.05) is 19.5 Å². The second-order valence-electron chi connectivity index (χ2n) is 7.79. The van der Waals surface area contributed by atoms with Gasteiger partial charge in [0.25, 0.3) is 0 Å². The predicted molar refractivity (Wildman–Crippen MR) is 112 cm³/mol. The van der Waals surface area contributed by atoms with Crippen LogP contribution in [0.15, 0.2) is 24.3 Å². The lowest BCUT2D eigenvalue weighted by molar-refractivity contribution is -0.133. The Bertz CT molecular complexity index is 647. The number of amides is 2.